The Labute approximate surface area is 80.1 Å². The number of H-pyrrole nitrogens is 1. The topological polar surface area (TPSA) is 125 Å². The van der Waals surface area contributed by atoms with Crippen LogP contribution in [-0.2, 0) is 10.2 Å². The van der Waals surface area contributed by atoms with Crippen molar-refractivity contribution in [2.24, 2.45) is 5.14 Å². The molecular weight excluding hydrogens is 210 g/mol. The number of anilines is 1. The van der Waals surface area contributed by atoms with E-state index in [-0.39, 0.29) is 11.3 Å². The Morgan fingerprint density at radius 2 is 2.21 bits per heavy atom. The van der Waals surface area contributed by atoms with Gasteiger partial charge in [-0.15, -0.1) is 0 Å². The van der Waals surface area contributed by atoms with Crippen molar-refractivity contribution >= 4 is 21.9 Å². The van der Waals surface area contributed by atoms with Crippen molar-refractivity contribution in [1.29, 1.82) is 0 Å². The highest BCUT2D eigenvalue weighted by atomic mass is 32.2. The lowest BCUT2D eigenvalue weighted by Gasteiger charge is -2.01. The van der Waals surface area contributed by atoms with Crippen molar-refractivity contribution in [1.82, 2.24) is 4.98 Å². The molecule has 0 radical (unpaired) electrons. The smallest absolute Gasteiger partial charge is 0.339 e. The lowest BCUT2D eigenvalue weighted by atomic mass is 10.2. The summed E-state index contributed by atoms with van der Waals surface area (Å²) in [5.41, 5.74) is 0.139. The first-order valence-corrected chi connectivity index (χ1v) is 5.07. The van der Waals surface area contributed by atoms with E-state index in [1.165, 1.54) is 13.1 Å². The third-order valence-corrected chi connectivity index (χ3v) is 2.05. The summed E-state index contributed by atoms with van der Waals surface area (Å²) in [7, 11) is -3.95. The minimum absolute atomic E-state index is 0.0718. The van der Waals surface area contributed by atoms with Crippen LogP contribution in [0.3, 0.4) is 0 Å². The van der Waals surface area contributed by atoms with E-state index in [0.29, 0.717) is 5.69 Å². The normalized spacial score (nSPS) is 11.3. The number of hydrogen-bond acceptors (Lipinski definition) is 3. The molecule has 5 N–H and O–H groups in total. The summed E-state index contributed by atoms with van der Waals surface area (Å²) in [5, 5.41) is 13.4. The molecule has 0 aliphatic rings. The summed E-state index contributed by atoms with van der Waals surface area (Å²) < 4.78 is 23.2. The molecule has 0 atom stereocenters. The second-order valence-corrected chi connectivity index (χ2v) is 3.95. The Bertz CT molecular complexity index is 461. The number of aromatic carboxylic acids is 1. The molecule has 0 aliphatic heterocycles. The van der Waals surface area contributed by atoms with Crippen molar-refractivity contribution in [2.45, 2.75) is 6.92 Å². The van der Waals surface area contributed by atoms with Crippen molar-refractivity contribution in [2.75, 3.05) is 4.72 Å². The largest absolute Gasteiger partial charge is 0.478 e. The Balaban J connectivity index is 3.17. The van der Waals surface area contributed by atoms with Crippen LogP contribution in [0.1, 0.15) is 16.1 Å². The van der Waals surface area contributed by atoms with Gasteiger partial charge in [0.05, 0.1) is 5.69 Å². The van der Waals surface area contributed by atoms with Gasteiger partial charge < -0.3 is 10.1 Å². The molecule has 0 unspecified atom stereocenters. The highest BCUT2D eigenvalue weighted by molar-refractivity contribution is 7.90. The molecule has 8 heteroatoms. The van der Waals surface area contributed by atoms with Gasteiger partial charge in [0.2, 0.25) is 0 Å². The van der Waals surface area contributed by atoms with Gasteiger partial charge in [-0.2, -0.15) is 8.42 Å². The molecule has 0 amide bonds. The van der Waals surface area contributed by atoms with Crippen LogP contribution < -0.4 is 9.86 Å². The number of nitrogens with two attached hydrogens (primary N) is 1. The fraction of sp³-hybridized carbons (Fsp3) is 0.167. The molecule has 0 saturated carbocycles. The van der Waals surface area contributed by atoms with E-state index < -0.39 is 16.2 Å². The maximum Gasteiger partial charge on any atom is 0.339 e. The molecule has 0 aliphatic carbocycles. The minimum atomic E-state index is -3.95. The average molecular weight is 219 g/mol. The summed E-state index contributed by atoms with van der Waals surface area (Å²) in [6, 6.07) is 0. The van der Waals surface area contributed by atoms with Gasteiger partial charge in [0.15, 0.2) is 0 Å². The molecular formula is C6H9N3O4S. The second-order valence-electron chi connectivity index (χ2n) is 2.65. The number of rotatable bonds is 3. The van der Waals surface area contributed by atoms with E-state index in [4.69, 9.17) is 10.2 Å². The van der Waals surface area contributed by atoms with Crippen LogP contribution in [0.15, 0.2) is 6.20 Å². The zero-order chi connectivity index (χ0) is 10.9. The van der Waals surface area contributed by atoms with Gasteiger partial charge >= 0.3 is 5.97 Å². The molecule has 0 aromatic carbocycles. The molecule has 1 aromatic rings. The van der Waals surface area contributed by atoms with Crippen LogP contribution >= 0.6 is 0 Å². The maximum absolute atomic E-state index is 10.7. The molecule has 1 aromatic heterocycles. The van der Waals surface area contributed by atoms with Crippen molar-refractivity contribution in [3.05, 3.63) is 17.5 Å². The lowest BCUT2D eigenvalue weighted by Crippen LogP contribution is -2.22. The molecule has 14 heavy (non-hydrogen) atoms. The van der Waals surface area contributed by atoms with Crippen LogP contribution in [0.4, 0.5) is 5.69 Å². The number of hydrogen-bond donors (Lipinski definition) is 4. The molecule has 0 bridgehead atoms. The highest BCUT2D eigenvalue weighted by Gasteiger charge is 2.17. The van der Waals surface area contributed by atoms with Gasteiger partial charge in [0.1, 0.15) is 5.56 Å². The third-order valence-electron chi connectivity index (χ3n) is 1.54. The second kappa shape index (κ2) is 3.31. The van der Waals surface area contributed by atoms with Gasteiger partial charge in [-0.3, -0.25) is 4.72 Å². The average Bonchev–Trinajstić information content (AvgIpc) is 2.27. The van der Waals surface area contributed by atoms with Crippen molar-refractivity contribution in [3.8, 4) is 0 Å². The van der Waals surface area contributed by atoms with E-state index >= 15 is 0 Å². The highest BCUT2D eigenvalue weighted by Crippen LogP contribution is 2.19. The zero-order valence-electron chi connectivity index (χ0n) is 7.23. The number of carbonyl (C=O) groups is 1. The molecule has 7 nitrogen and oxygen atoms in total. The van der Waals surface area contributed by atoms with Gasteiger partial charge in [0.25, 0.3) is 10.2 Å². The SMILES string of the molecule is Cc1[nH]cc(NS(N)(=O)=O)c1C(=O)O. The van der Waals surface area contributed by atoms with E-state index in [0.717, 1.165) is 0 Å². The fourth-order valence-corrected chi connectivity index (χ4v) is 1.50. The van der Waals surface area contributed by atoms with E-state index in [2.05, 4.69) is 4.98 Å². The fourth-order valence-electron chi connectivity index (χ4n) is 1.04. The Morgan fingerprint density at radius 1 is 1.64 bits per heavy atom. The quantitative estimate of drug-likeness (QED) is 0.553. The monoisotopic (exact) mass is 219 g/mol. The first kappa shape index (κ1) is 10.5. The van der Waals surface area contributed by atoms with Crippen LogP contribution in [0.5, 0.6) is 0 Å². The van der Waals surface area contributed by atoms with Gasteiger partial charge in [-0.1, -0.05) is 0 Å². The number of carboxylic acid groups (broad SMARTS) is 1. The molecule has 0 saturated heterocycles. The number of carboxylic acids is 1. The predicted octanol–water partition coefficient (Wildman–Crippen LogP) is -0.363. The minimum Gasteiger partial charge on any atom is -0.478 e. The van der Waals surface area contributed by atoms with Crippen LogP contribution in [0.25, 0.3) is 0 Å². The van der Waals surface area contributed by atoms with Crippen molar-refractivity contribution in [3.63, 3.8) is 0 Å². The molecule has 1 heterocycles. The first-order chi connectivity index (χ1) is 6.31. The first-order valence-electron chi connectivity index (χ1n) is 3.53. The molecule has 0 fully saturated rings. The third kappa shape index (κ3) is 2.24. The Kier molecular flexibility index (Phi) is 2.49. The van der Waals surface area contributed by atoms with Gasteiger partial charge in [0, 0.05) is 11.9 Å². The summed E-state index contributed by atoms with van der Waals surface area (Å²) in [4.78, 5) is 13.3. The van der Waals surface area contributed by atoms with Crippen LogP contribution in [0, 0.1) is 6.92 Å². The zero-order valence-corrected chi connectivity index (χ0v) is 8.05. The van der Waals surface area contributed by atoms with E-state index in [9.17, 15) is 13.2 Å². The van der Waals surface area contributed by atoms with Crippen molar-refractivity contribution < 1.29 is 18.3 Å². The van der Waals surface area contributed by atoms with E-state index in [1.807, 2.05) is 4.72 Å². The Morgan fingerprint density at radius 3 is 2.64 bits per heavy atom. The van der Waals surface area contributed by atoms with Crippen LogP contribution in [0.2, 0.25) is 0 Å². The number of aryl methyl sites for hydroxylation is 1. The Hall–Kier alpha value is -1.54. The van der Waals surface area contributed by atoms with E-state index in [1.54, 1.807) is 0 Å². The summed E-state index contributed by atoms with van der Waals surface area (Å²) >= 11 is 0. The summed E-state index contributed by atoms with van der Waals surface area (Å²) in [6.07, 6.45) is 1.23. The number of nitrogens with one attached hydrogen (secondary N) is 2. The number of aromatic nitrogens is 1. The van der Waals surface area contributed by atoms with Gasteiger partial charge in [-0.05, 0) is 6.92 Å². The lowest BCUT2D eigenvalue weighted by molar-refractivity contribution is 0.0697. The predicted molar refractivity (Wildman–Crippen MR) is 49.2 cm³/mol. The summed E-state index contributed by atoms with van der Waals surface area (Å²) in [5.74, 6) is -1.23. The molecule has 1 rings (SSSR count). The maximum atomic E-state index is 10.7. The molecule has 0 spiro atoms. The van der Waals surface area contributed by atoms with Crippen LogP contribution in [-0.4, -0.2) is 24.5 Å². The van der Waals surface area contributed by atoms with Gasteiger partial charge in [-0.25, -0.2) is 9.93 Å². The summed E-state index contributed by atoms with van der Waals surface area (Å²) in [6.45, 7) is 1.51. The number of aromatic amines is 1. The standard InChI is InChI=1S/C6H9N3O4S/c1-3-5(6(10)11)4(2-8-3)9-14(7,12)13/h2,8-9H,1H3,(H,10,11)(H2,7,12,13). The molecule has 78 valence electrons.